The van der Waals surface area contributed by atoms with Gasteiger partial charge in [0.2, 0.25) is 5.91 Å². The van der Waals surface area contributed by atoms with Gasteiger partial charge >= 0.3 is 0 Å². The summed E-state index contributed by atoms with van der Waals surface area (Å²) in [6, 6.07) is 8.28. The minimum Gasteiger partial charge on any atom is -0.336 e. The van der Waals surface area contributed by atoms with E-state index in [0.29, 0.717) is 12.5 Å². The molecule has 0 aliphatic carbocycles. The Bertz CT molecular complexity index is 682. The molecule has 0 N–H and O–H groups in total. The molecular weight excluding hydrogens is 354 g/mol. The minimum atomic E-state index is -0.0361. The van der Waals surface area contributed by atoms with Gasteiger partial charge in [-0.25, -0.2) is 0 Å². The van der Waals surface area contributed by atoms with Crippen LogP contribution in [-0.4, -0.2) is 27.6 Å². The zero-order chi connectivity index (χ0) is 17.0. The van der Waals surface area contributed by atoms with Gasteiger partial charge in [0.1, 0.15) is 0 Å². The molecule has 0 bridgehead atoms. The molecule has 4 nitrogen and oxygen atoms in total. The van der Waals surface area contributed by atoms with E-state index in [9.17, 15) is 4.79 Å². The fourth-order valence-electron chi connectivity index (χ4n) is 2.20. The highest BCUT2D eigenvalue weighted by molar-refractivity contribution is 9.10. The second-order valence-corrected chi connectivity index (χ2v) is 6.77. The monoisotopic (exact) mass is 375 g/mol. The van der Waals surface area contributed by atoms with E-state index in [1.54, 1.807) is 28.9 Å². The molecule has 23 heavy (non-hydrogen) atoms. The molecule has 0 spiro atoms. The summed E-state index contributed by atoms with van der Waals surface area (Å²) in [5.41, 5.74) is 3.29. The number of carbonyl (C=O) groups excluding carboxylic acids is 1. The summed E-state index contributed by atoms with van der Waals surface area (Å²) < 4.78 is 2.68. The standard InChI is InChI=1S/C18H22BrN3O/c1-13(2)15-8-5-14(6-9-15)7-10-18(23)21(3)12-17-16(19)11-20-22(17)4/h5-11,13H,12H2,1-4H3/b10-7+. The van der Waals surface area contributed by atoms with Crippen molar-refractivity contribution < 1.29 is 4.79 Å². The lowest BCUT2D eigenvalue weighted by Gasteiger charge is -2.15. The Labute approximate surface area is 145 Å². The van der Waals surface area contributed by atoms with E-state index >= 15 is 0 Å². The number of amides is 1. The normalized spacial score (nSPS) is 11.4. The molecule has 2 rings (SSSR count). The van der Waals surface area contributed by atoms with Crippen LogP contribution in [0.25, 0.3) is 6.08 Å². The van der Waals surface area contributed by atoms with Gasteiger partial charge in [0, 0.05) is 20.2 Å². The Kier molecular flexibility index (Phi) is 5.77. The van der Waals surface area contributed by atoms with Crippen LogP contribution in [0.2, 0.25) is 0 Å². The minimum absolute atomic E-state index is 0.0361. The number of likely N-dealkylation sites (N-methyl/N-ethyl adjacent to an activating group) is 1. The lowest BCUT2D eigenvalue weighted by Crippen LogP contribution is -2.25. The summed E-state index contributed by atoms with van der Waals surface area (Å²) in [6.07, 6.45) is 5.19. The van der Waals surface area contributed by atoms with Crippen LogP contribution in [0.5, 0.6) is 0 Å². The molecule has 0 fully saturated rings. The summed E-state index contributed by atoms with van der Waals surface area (Å²) >= 11 is 3.45. The van der Waals surface area contributed by atoms with E-state index in [2.05, 4.69) is 47.0 Å². The van der Waals surface area contributed by atoms with Crippen molar-refractivity contribution in [3.63, 3.8) is 0 Å². The number of hydrogen-bond acceptors (Lipinski definition) is 2. The summed E-state index contributed by atoms with van der Waals surface area (Å²) in [5, 5.41) is 4.16. The van der Waals surface area contributed by atoms with Gasteiger partial charge in [-0.3, -0.25) is 9.48 Å². The average Bonchev–Trinajstić information content (AvgIpc) is 2.84. The van der Waals surface area contributed by atoms with Crippen LogP contribution < -0.4 is 0 Å². The van der Waals surface area contributed by atoms with Crippen molar-refractivity contribution in [1.29, 1.82) is 0 Å². The van der Waals surface area contributed by atoms with Crippen molar-refractivity contribution in [2.75, 3.05) is 7.05 Å². The Morgan fingerprint density at radius 3 is 2.52 bits per heavy atom. The predicted molar refractivity (Wildman–Crippen MR) is 96.9 cm³/mol. The third-order valence-corrected chi connectivity index (χ3v) is 4.46. The van der Waals surface area contributed by atoms with Crippen molar-refractivity contribution in [2.45, 2.75) is 26.3 Å². The van der Waals surface area contributed by atoms with Crippen molar-refractivity contribution in [2.24, 2.45) is 7.05 Å². The predicted octanol–water partition coefficient (Wildman–Crippen LogP) is 3.98. The van der Waals surface area contributed by atoms with Crippen molar-refractivity contribution in [3.8, 4) is 0 Å². The highest BCUT2D eigenvalue weighted by Crippen LogP contribution is 2.17. The first kappa shape index (κ1) is 17.5. The molecule has 0 atom stereocenters. The molecule has 0 unspecified atom stereocenters. The number of rotatable bonds is 5. The van der Waals surface area contributed by atoms with Gasteiger partial charge in [0.05, 0.1) is 22.9 Å². The van der Waals surface area contributed by atoms with Crippen LogP contribution in [0.1, 0.15) is 36.6 Å². The molecule has 1 amide bonds. The first-order valence-electron chi connectivity index (χ1n) is 7.58. The van der Waals surface area contributed by atoms with Gasteiger partial charge in [-0.05, 0) is 39.1 Å². The number of benzene rings is 1. The third kappa shape index (κ3) is 4.55. The fourth-order valence-corrected chi connectivity index (χ4v) is 2.68. The Hall–Kier alpha value is -1.88. The van der Waals surface area contributed by atoms with E-state index in [4.69, 9.17) is 0 Å². The summed E-state index contributed by atoms with van der Waals surface area (Å²) in [7, 11) is 3.65. The van der Waals surface area contributed by atoms with E-state index in [1.165, 1.54) is 5.56 Å². The van der Waals surface area contributed by atoms with Gasteiger partial charge in [0.25, 0.3) is 0 Å². The van der Waals surface area contributed by atoms with Crippen molar-refractivity contribution in [3.05, 3.63) is 57.8 Å². The zero-order valence-electron chi connectivity index (χ0n) is 14.0. The summed E-state index contributed by atoms with van der Waals surface area (Å²) in [6.45, 7) is 4.84. The molecule has 0 radical (unpaired) electrons. The maximum absolute atomic E-state index is 12.2. The molecule has 1 heterocycles. The SMILES string of the molecule is CC(C)c1ccc(/C=C/C(=O)N(C)Cc2c(Br)cnn2C)cc1. The quantitative estimate of drug-likeness (QED) is 0.741. The maximum atomic E-state index is 12.2. The van der Waals surface area contributed by atoms with Crippen LogP contribution in [0.4, 0.5) is 0 Å². The van der Waals surface area contributed by atoms with Gasteiger partial charge < -0.3 is 4.90 Å². The van der Waals surface area contributed by atoms with Crippen molar-refractivity contribution >= 4 is 27.9 Å². The molecule has 1 aromatic heterocycles. The molecule has 0 aliphatic rings. The van der Waals surface area contributed by atoms with Gasteiger partial charge in [-0.1, -0.05) is 38.1 Å². The molecule has 5 heteroatoms. The van der Waals surface area contributed by atoms with Gasteiger partial charge in [-0.15, -0.1) is 0 Å². The van der Waals surface area contributed by atoms with Gasteiger partial charge in [-0.2, -0.15) is 5.10 Å². The number of nitrogens with zero attached hydrogens (tertiary/aromatic N) is 3. The van der Waals surface area contributed by atoms with Crippen LogP contribution >= 0.6 is 15.9 Å². The molecule has 2 aromatic rings. The molecule has 122 valence electrons. The zero-order valence-corrected chi connectivity index (χ0v) is 15.5. The van der Waals surface area contributed by atoms with Crippen LogP contribution in [-0.2, 0) is 18.4 Å². The smallest absolute Gasteiger partial charge is 0.246 e. The van der Waals surface area contributed by atoms with Crippen LogP contribution in [0, 0.1) is 0 Å². The lowest BCUT2D eigenvalue weighted by atomic mass is 10.0. The number of aromatic nitrogens is 2. The number of carbonyl (C=O) groups is 1. The second-order valence-electron chi connectivity index (χ2n) is 5.91. The van der Waals surface area contributed by atoms with Crippen LogP contribution in [0.3, 0.4) is 0 Å². The van der Waals surface area contributed by atoms with Crippen LogP contribution in [0.15, 0.2) is 41.0 Å². The number of halogens is 1. The Morgan fingerprint density at radius 1 is 1.35 bits per heavy atom. The first-order valence-corrected chi connectivity index (χ1v) is 8.37. The molecule has 0 aliphatic heterocycles. The lowest BCUT2D eigenvalue weighted by molar-refractivity contribution is -0.125. The molecular formula is C18H22BrN3O. The molecule has 0 saturated heterocycles. The highest BCUT2D eigenvalue weighted by Gasteiger charge is 2.11. The highest BCUT2D eigenvalue weighted by atomic mass is 79.9. The largest absolute Gasteiger partial charge is 0.336 e. The van der Waals surface area contributed by atoms with Gasteiger partial charge in [0.15, 0.2) is 0 Å². The summed E-state index contributed by atoms with van der Waals surface area (Å²) in [4.78, 5) is 13.9. The Morgan fingerprint density at radius 2 is 2.00 bits per heavy atom. The number of hydrogen-bond donors (Lipinski definition) is 0. The summed E-state index contributed by atoms with van der Waals surface area (Å²) in [5.74, 6) is 0.476. The van der Waals surface area contributed by atoms with E-state index in [0.717, 1.165) is 15.7 Å². The maximum Gasteiger partial charge on any atom is 0.246 e. The third-order valence-electron chi connectivity index (χ3n) is 3.80. The van der Waals surface area contributed by atoms with E-state index in [1.807, 2.05) is 25.3 Å². The molecule has 1 aromatic carbocycles. The molecule has 0 saturated carbocycles. The van der Waals surface area contributed by atoms with E-state index < -0.39 is 0 Å². The van der Waals surface area contributed by atoms with Crippen molar-refractivity contribution in [1.82, 2.24) is 14.7 Å². The average molecular weight is 376 g/mol. The number of aryl methyl sites for hydroxylation is 1. The fraction of sp³-hybridized carbons (Fsp3) is 0.333. The Balaban J connectivity index is 2.00. The topological polar surface area (TPSA) is 38.1 Å². The second kappa shape index (κ2) is 7.59. The first-order chi connectivity index (χ1) is 10.9. The van der Waals surface area contributed by atoms with E-state index in [-0.39, 0.29) is 5.91 Å².